The van der Waals surface area contributed by atoms with Gasteiger partial charge in [-0.1, -0.05) is 11.6 Å². The summed E-state index contributed by atoms with van der Waals surface area (Å²) in [5.74, 6) is -1.49. The van der Waals surface area contributed by atoms with Gasteiger partial charge >= 0.3 is 11.9 Å². The minimum atomic E-state index is -3.96. The number of ether oxygens (including phenoxy) is 2. The maximum absolute atomic E-state index is 12.7. The summed E-state index contributed by atoms with van der Waals surface area (Å²) in [7, 11) is -1.60. The Hall–Kier alpha value is -1.71. The topological polar surface area (TPSA) is 98.8 Å². The van der Waals surface area contributed by atoms with E-state index in [1.165, 1.54) is 26.0 Å². The first kappa shape index (κ1) is 20.6. The van der Waals surface area contributed by atoms with Crippen LogP contribution in [0.3, 0.4) is 0 Å². The largest absolute Gasteiger partial charge is 0.465 e. The molecule has 0 unspecified atom stereocenters. The van der Waals surface area contributed by atoms with Crippen LogP contribution in [0.1, 0.15) is 57.7 Å². The minimum absolute atomic E-state index is 0.0725. The number of allylic oxidation sites excluding steroid dienone is 1. The molecule has 0 saturated heterocycles. The van der Waals surface area contributed by atoms with Crippen LogP contribution in [0.4, 0.5) is 0 Å². The molecule has 1 aliphatic rings. The first-order valence-corrected chi connectivity index (χ1v) is 10.6. The van der Waals surface area contributed by atoms with Crippen LogP contribution >= 0.6 is 11.3 Å². The van der Waals surface area contributed by atoms with Crippen molar-refractivity contribution < 1.29 is 27.5 Å². The van der Waals surface area contributed by atoms with Gasteiger partial charge in [0, 0.05) is 6.54 Å². The number of hydrogen-bond donors (Lipinski definition) is 1. The third-order valence-corrected chi connectivity index (χ3v) is 7.49. The number of rotatable bonds is 7. The highest BCUT2D eigenvalue weighted by atomic mass is 32.2. The Kier molecular flexibility index (Phi) is 6.96. The van der Waals surface area contributed by atoms with Gasteiger partial charge in [-0.15, -0.1) is 11.3 Å². The van der Waals surface area contributed by atoms with E-state index in [0.717, 1.165) is 26.4 Å². The number of thiophene rings is 1. The number of hydrogen-bond acceptors (Lipinski definition) is 7. The Morgan fingerprint density at radius 3 is 2.46 bits per heavy atom. The summed E-state index contributed by atoms with van der Waals surface area (Å²) in [5, 5.41) is 0. The first-order chi connectivity index (χ1) is 12.3. The molecular formula is C17H23NO6S2. The van der Waals surface area contributed by atoms with E-state index >= 15 is 0 Å². The van der Waals surface area contributed by atoms with Crippen molar-refractivity contribution in [2.24, 2.45) is 0 Å². The van der Waals surface area contributed by atoms with Gasteiger partial charge in [0.1, 0.15) is 4.88 Å². The van der Waals surface area contributed by atoms with E-state index in [0.29, 0.717) is 17.8 Å². The van der Waals surface area contributed by atoms with Crippen LogP contribution in [0.5, 0.6) is 0 Å². The molecule has 1 N–H and O–H groups in total. The quantitative estimate of drug-likeness (QED) is 0.557. The molecule has 7 nitrogen and oxygen atoms in total. The van der Waals surface area contributed by atoms with Gasteiger partial charge in [0.25, 0.3) is 10.0 Å². The lowest BCUT2D eigenvalue weighted by Gasteiger charge is -2.13. The Morgan fingerprint density at radius 2 is 1.88 bits per heavy atom. The van der Waals surface area contributed by atoms with E-state index in [-0.39, 0.29) is 26.8 Å². The first-order valence-electron chi connectivity index (χ1n) is 8.29. The second-order valence-electron chi connectivity index (χ2n) is 5.96. The molecule has 1 aromatic heterocycles. The third-order valence-electron chi connectivity index (χ3n) is 4.24. The number of carbonyl (C=O) groups is 2. The summed E-state index contributed by atoms with van der Waals surface area (Å²) in [4.78, 5) is 24.0. The monoisotopic (exact) mass is 401 g/mol. The molecule has 9 heteroatoms. The Bertz CT molecular complexity index is 823. The van der Waals surface area contributed by atoms with E-state index in [9.17, 15) is 18.0 Å². The van der Waals surface area contributed by atoms with Crippen LogP contribution in [0, 0.1) is 6.92 Å². The van der Waals surface area contributed by atoms with Crippen molar-refractivity contribution in [1.82, 2.24) is 4.72 Å². The molecule has 2 rings (SSSR count). The van der Waals surface area contributed by atoms with Crippen LogP contribution in [-0.2, 0) is 19.5 Å². The molecule has 0 aromatic carbocycles. The van der Waals surface area contributed by atoms with Gasteiger partial charge in [0.2, 0.25) is 0 Å². The zero-order valence-electron chi connectivity index (χ0n) is 15.1. The van der Waals surface area contributed by atoms with Crippen LogP contribution in [-0.4, -0.2) is 41.1 Å². The third kappa shape index (κ3) is 4.52. The summed E-state index contributed by atoms with van der Waals surface area (Å²) >= 11 is 0.715. The normalized spacial score (nSPS) is 14.7. The van der Waals surface area contributed by atoms with Crippen molar-refractivity contribution in [3.05, 3.63) is 27.7 Å². The molecule has 0 spiro atoms. The highest BCUT2D eigenvalue weighted by molar-refractivity contribution is 7.91. The second-order valence-corrected chi connectivity index (χ2v) is 8.94. The van der Waals surface area contributed by atoms with Crippen LogP contribution in [0.2, 0.25) is 0 Å². The predicted molar refractivity (Wildman–Crippen MR) is 98.1 cm³/mol. The average molecular weight is 402 g/mol. The molecule has 144 valence electrons. The predicted octanol–water partition coefficient (Wildman–Crippen LogP) is 2.80. The maximum Gasteiger partial charge on any atom is 0.348 e. The smallest absolute Gasteiger partial charge is 0.348 e. The molecule has 26 heavy (non-hydrogen) atoms. The van der Waals surface area contributed by atoms with E-state index < -0.39 is 22.0 Å². The Labute approximate surface area is 157 Å². The van der Waals surface area contributed by atoms with Gasteiger partial charge in [-0.2, -0.15) is 0 Å². The van der Waals surface area contributed by atoms with E-state index in [1.807, 2.05) is 0 Å². The lowest BCUT2D eigenvalue weighted by atomic mass is 9.97. The SMILES string of the molecule is COC(=O)c1sc(S(=O)(=O)NCCC2=CCCCC2)c(C(=O)OC)c1C. The van der Waals surface area contributed by atoms with Crippen molar-refractivity contribution in [3.63, 3.8) is 0 Å². The molecule has 1 aromatic rings. The summed E-state index contributed by atoms with van der Waals surface area (Å²) < 4.78 is 37.1. The Morgan fingerprint density at radius 1 is 1.19 bits per heavy atom. The van der Waals surface area contributed by atoms with E-state index in [4.69, 9.17) is 4.74 Å². The van der Waals surface area contributed by atoms with Crippen LogP contribution < -0.4 is 4.72 Å². The van der Waals surface area contributed by atoms with Gasteiger partial charge in [0.05, 0.1) is 19.8 Å². The highest BCUT2D eigenvalue weighted by Crippen LogP contribution is 2.33. The molecule has 1 aliphatic carbocycles. The van der Waals surface area contributed by atoms with E-state index in [1.54, 1.807) is 0 Å². The standard InChI is InChI=1S/C17H23NO6S2/c1-11-13(15(19)23-2)17(25-14(11)16(20)24-3)26(21,22)18-10-9-12-7-5-4-6-8-12/h7,18H,4-6,8-10H2,1-3H3. The molecular weight excluding hydrogens is 378 g/mol. The van der Waals surface area contributed by atoms with Crippen LogP contribution in [0.25, 0.3) is 0 Å². The fourth-order valence-electron chi connectivity index (χ4n) is 2.85. The van der Waals surface area contributed by atoms with Crippen molar-refractivity contribution in [3.8, 4) is 0 Å². The van der Waals surface area contributed by atoms with Crippen LogP contribution in [0.15, 0.2) is 15.9 Å². The summed E-state index contributed by atoms with van der Waals surface area (Å²) in [6, 6.07) is 0. The zero-order chi connectivity index (χ0) is 19.3. The van der Waals surface area contributed by atoms with Gasteiger partial charge in [-0.25, -0.2) is 22.7 Å². The van der Waals surface area contributed by atoms with Gasteiger partial charge in [0.15, 0.2) is 4.21 Å². The molecule has 0 aliphatic heterocycles. The highest BCUT2D eigenvalue weighted by Gasteiger charge is 2.32. The van der Waals surface area contributed by atoms with Crippen molar-refractivity contribution >= 4 is 33.3 Å². The van der Waals surface area contributed by atoms with Gasteiger partial charge < -0.3 is 9.47 Å². The number of nitrogens with one attached hydrogen (secondary N) is 1. The molecule has 0 radical (unpaired) electrons. The van der Waals surface area contributed by atoms with Crippen molar-refractivity contribution in [2.45, 2.75) is 43.2 Å². The number of sulfonamides is 1. The molecule has 0 amide bonds. The lowest BCUT2D eigenvalue weighted by Crippen LogP contribution is -2.26. The fraction of sp³-hybridized carbons (Fsp3) is 0.529. The second kappa shape index (κ2) is 8.79. The number of methoxy groups -OCH3 is 2. The zero-order valence-corrected chi connectivity index (χ0v) is 16.7. The number of carbonyl (C=O) groups excluding carboxylic acids is 2. The summed E-state index contributed by atoms with van der Waals surface area (Å²) in [6.45, 7) is 1.74. The van der Waals surface area contributed by atoms with Crippen molar-refractivity contribution in [1.29, 1.82) is 0 Å². The molecule has 0 atom stereocenters. The van der Waals surface area contributed by atoms with Crippen molar-refractivity contribution in [2.75, 3.05) is 20.8 Å². The average Bonchev–Trinajstić information content (AvgIpc) is 2.99. The minimum Gasteiger partial charge on any atom is -0.465 e. The maximum atomic E-state index is 12.7. The lowest BCUT2D eigenvalue weighted by molar-refractivity contribution is 0.0596. The summed E-state index contributed by atoms with van der Waals surface area (Å²) in [6.07, 6.45) is 7.09. The molecule has 0 bridgehead atoms. The summed E-state index contributed by atoms with van der Waals surface area (Å²) in [5.41, 5.74) is 1.36. The van der Waals surface area contributed by atoms with Gasteiger partial charge in [-0.05, 0) is 44.6 Å². The number of esters is 2. The molecule has 1 heterocycles. The van der Waals surface area contributed by atoms with E-state index in [2.05, 4.69) is 15.5 Å². The fourth-order valence-corrected chi connectivity index (χ4v) is 5.66. The Balaban J connectivity index is 2.27. The molecule has 0 fully saturated rings. The van der Waals surface area contributed by atoms with Gasteiger partial charge in [-0.3, -0.25) is 0 Å². The molecule has 0 saturated carbocycles.